The van der Waals surface area contributed by atoms with Crippen molar-refractivity contribution in [1.29, 1.82) is 0 Å². The van der Waals surface area contributed by atoms with E-state index in [9.17, 15) is 14.0 Å². The third-order valence-corrected chi connectivity index (χ3v) is 6.20. The topological polar surface area (TPSA) is 100 Å². The summed E-state index contributed by atoms with van der Waals surface area (Å²) in [6.07, 6.45) is 3.43. The molecule has 1 fully saturated rings. The summed E-state index contributed by atoms with van der Waals surface area (Å²) >= 11 is 1.47. The number of thiophene rings is 1. The van der Waals surface area contributed by atoms with Gasteiger partial charge in [-0.05, 0) is 38.0 Å². The third kappa shape index (κ3) is 4.63. The van der Waals surface area contributed by atoms with Crippen molar-refractivity contribution in [2.45, 2.75) is 39.3 Å². The predicted molar refractivity (Wildman–Crippen MR) is 117 cm³/mol. The van der Waals surface area contributed by atoms with Crippen LogP contribution in [-0.2, 0) is 4.79 Å². The molecular formula is C21H23FN6O2S. The fourth-order valence-corrected chi connectivity index (χ4v) is 4.63. The molecule has 31 heavy (non-hydrogen) atoms. The van der Waals surface area contributed by atoms with E-state index in [0.717, 1.165) is 15.8 Å². The van der Waals surface area contributed by atoms with Crippen LogP contribution in [0.15, 0.2) is 24.5 Å². The average Bonchev–Trinajstić information content (AvgIpc) is 3.32. The van der Waals surface area contributed by atoms with Crippen LogP contribution in [0.4, 0.5) is 10.3 Å². The zero-order valence-electron chi connectivity index (χ0n) is 17.5. The Hall–Kier alpha value is -3.14. The summed E-state index contributed by atoms with van der Waals surface area (Å²) < 4.78 is 14.3. The van der Waals surface area contributed by atoms with Gasteiger partial charge >= 0.3 is 0 Å². The second-order valence-corrected chi connectivity index (χ2v) is 8.96. The molecule has 0 radical (unpaired) electrons. The Morgan fingerprint density at radius 2 is 2.10 bits per heavy atom. The van der Waals surface area contributed by atoms with E-state index in [2.05, 4.69) is 25.6 Å². The molecule has 0 aliphatic carbocycles. The molecule has 2 amide bonds. The van der Waals surface area contributed by atoms with Gasteiger partial charge in [0.2, 0.25) is 11.9 Å². The van der Waals surface area contributed by atoms with Crippen LogP contribution in [0.25, 0.3) is 10.2 Å². The minimum Gasteiger partial charge on any atom is -0.352 e. The minimum atomic E-state index is -0.422. The highest BCUT2D eigenvalue weighted by molar-refractivity contribution is 7.19. The van der Waals surface area contributed by atoms with Gasteiger partial charge in [0.15, 0.2) is 5.69 Å². The van der Waals surface area contributed by atoms with E-state index in [0.29, 0.717) is 42.2 Å². The Morgan fingerprint density at radius 3 is 2.84 bits per heavy atom. The zero-order valence-corrected chi connectivity index (χ0v) is 18.3. The van der Waals surface area contributed by atoms with Gasteiger partial charge in [0.05, 0.1) is 22.5 Å². The highest BCUT2D eigenvalue weighted by Gasteiger charge is 2.30. The number of carbonyl (C=O) groups is 2. The first-order valence-corrected chi connectivity index (χ1v) is 10.8. The van der Waals surface area contributed by atoms with Crippen molar-refractivity contribution in [3.05, 3.63) is 46.5 Å². The molecule has 0 saturated carbocycles. The molecular weight excluding hydrogens is 419 g/mol. The number of rotatable bonds is 5. The number of aryl methyl sites for hydroxylation is 1. The number of halogens is 1. The number of hydrogen-bond acceptors (Lipinski definition) is 7. The van der Waals surface area contributed by atoms with Gasteiger partial charge in [0.1, 0.15) is 5.82 Å². The summed E-state index contributed by atoms with van der Waals surface area (Å²) in [5, 5.41) is 6.02. The van der Waals surface area contributed by atoms with Gasteiger partial charge in [-0.1, -0.05) is 0 Å². The lowest BCUT2D eigenvalue weighted by Gasteiger charge is -2.18. The van der Waals surface area contributed by atoms with Crippen LogP contribution in [0.2, 0.25) is 0 Å². The fraction of sp³-hybridized carbons (Fsp3) is 0.381. The van der Waals surface area contributed by atoms with Crippen molar-refractivity contribution < 1.29 is 14.0 Å². The molecule has 3 aromatic heterocycles. The molecule has 4 rings (SSSR count). The Balaban J connectivity index is 1.62. The van der Waals surface area contributed by atoms with Crippen molar-refractivity contribution >= 4 is 39.3 Å². The van der Waals surface area contributed by atoms with E-state index in [1.54, 1.807) is 11.1 Å². The summed E-state index contributed by atoms with van der Waals surface area (Å²) in [4.78, 5) is 40.3. The molecule has 1 unspecified atom stereocenters. The number of anilines is 1. The Morgan fingerprint density at radius 1 is 1.29 bits per heavy atom. The number of nitrogens with one attached hydrogen (secondary N) is 2. The molecule has 10 heteroatoms. The molecule has 162 valence electrons. The molecule has 0 aromatic carbocycles. The molecule has 3 aromatic rings. The van der Waals surface area contributed by atoms with Gasteiger partial charge in [-0.3, -0.25) is 14.6 Å². The number of nitrogens with zero attached hydrogens (tertiary/aromatic N) is 4. The third-order valence-electron chi connectivity index (χ3n) is 5.15. The van der Waals surface area contributed by atoms with Gasteiger partial charge in [-0.25, -0.2) is 14.4 Å². The van der Waals surface area contributed by atoms with Crippen molar-refractivity contribution in [3.63, 3.8) is 0 Å². The average molecular weight is 443 g/mol. The molecule has 1 saturated heterocycles. The van der Waals surface area contributed by atoms with E-state index in [4.69, 9.17) is 0 Å². The Kier molecular flexibility index (Phi) is 5.81. The van der Waals surface area contributed by atoms with Crippen LogP contribution in [0, 0.1) is 12.7 Å². The maximum Gasteiger partial charge on any atom is 0.274 e. The summed E-state index contributed by atoms with van der Waals surface area (Å²) in [6.45, 7) is 6.27. The van der Waals surface area contributed by atoms with Gasteiger partial charge in [0, 0.05) is 37.1 Å². The fourth-order valence-electron chi connectivity index (χ4n) is 3.70. The summed E-state index contributed by atoms with van der Waals surface area (Å²) in [7, 11) is 0. The van der Waals surface area contributed by atoms with Crippen LogP contribution in [-0.4, -0.2) is 50.8 Å². The van der Waals surface area contributed by atoms with Crippen molar-refractivity contribution in [2.24, 2.45) is 0 Å². The van der Waals surface area contributed by atoms with Crippen LogP contribution < -0.4 is 10.6 Å². The lowest BCUT2D eigenvalue weighted by molar-refractivity contribution is -0.119. The molecule has 1 aliphatic heterocycles. The number of likely N-dealkylation sites (tertiary alicyclic amines) is 1. The van der Waals surface area contributed by atoms with Crippen molar-refractivity contribution in [2.75, 3.05) is 18.4 Å². The smallest absolute Gasteiger partial charge is 0.274 e. The maximum atomic E-state index is 13.5. The second-order valence-electron chi connectivity index (χ2n) is 7.71. The number of carbonyl (C=O) groups excluding carboxylic acids is 2. The molecule has 8 nitrogen and oxygen atoms in total. The van der Waals surface area contributed by atoms with Crippen molar-refractivity contribution in [3.8, 4) is 0 Å². The van der Waals surface area contributed by atoms with Gasteiger partial charge in [-0.15, -0.1) is 11.3 Å². The lowest BCUT2D eigenvalue weighted by atomic mass is 10.1. The maximum absolute atomic E-state index is 13.5. The number of aromatic nitrogens is 3. The Bertz CT molecular complexity index is 1150. The molecule has 0 spiro atoms. The summed E-state index contributed by atoms with van der Waals surface area (Å²) in [5.74, 6) is -0.423. The number of hydrogen-bond donors (Lipinski definition) is 2. The predicted octanol–water partition coefficient (Wildman–Crippen LogP) is 3.06. The van der Waals surface area contributed by atoms with Gasteiger partial charge < -0.3 is 15.5 Å². The molecule has 0 bridgehead atoms. The first kappa shape index (κ1) is 21.1. The summed E-state index contributed by atoms with van der Waals surface area (Å²) in [6, 6.07) is 2.96. The van der Waals surface area contributed by atoms with Crippen LogP contribution in [0.3, 0.4) is 0 Å². The van der Waals surface area contributed by atoms with Gasteiger partial charge in [-0.2, -0.15) is 0 Å². The Labute approximate surface area is 182 Å². The first-order chi connectivity index (χ1) is 14.8. The summed E-state index contributed by atoms with van der Waals surface area (Å²) in [5.41, 5.74) is 1.67. The molecule has 2 atom stereocenters. The quantitative estimate of drug-likeness (QED) is 0.630. The van der Waals surface area contributed by atoms with Crippen LogP contribution in [0.1, 0.15) is 47.2 Å². The van der Waals surface area contributed by atoms with E-state index in [1.807, 2.05) is 19.9 Å². The normalized spacial score (nSPS) is 17.0. The number of amides is 2. The van der Waals surface area contributed by atoms with Gasteiger partial charge in [0.25, 0.3) is 5.91 Å². The number of fused-ring (bicyclic) bond motifs is 1. The molecule has 2 N–H and O–H groups in total. The molecule has 1 aliphatic rings. The molecule has 4 heterocycles. The van der Waals surface area contributed by atoms with E-state index < -0.39 is 5.82 Å². The number of pyridine rings is 1. The van der Waals surface area contributed by atoms with Crippen molar-refractivity contribution in [1.82, 2.24) is 25.2 Å². The second kappa shape index (κ2) is 8.54. The van der Waals surface area contributed by atoms with Crippen LogP contribution in [0.5, 0.6) is 0 Å². The lowest BCUT2D eigenvalue weighted by Crippen LogP contribution is -2.37. The largest absolute Gasteiger partial charge is 0.352 e. The van der Waals surface area contributed by atoms with E-state index in [1.165, 1.54) is 24.3 Å². The standard InChI is InChI=1S/C21H23FN6O2S/c1-11-6-17-19(31-11)18(20(30)28-5-4-16(10-28)25-13(3)29)27-21(26-17)24-12(2)14-7-15(22)9-23-8-14/h6-9,12,16H,4-5,10H2,1-3H3,(H,25,29)(H,24,26,27)/t12?,16-/m1/s1. The van der Waals surface area contributed by atoms with E-state index in [-0.39, 0.29) is 23.9 Å². The highest BCUT2D eigenvalue weighted by Crippen LogP contribution is 2.29. The van der Waals surface area contributed by atoms with Crippen LogP contribution >= 0.6 is 11.3 Å². The minimum absolute atomic E-state index is 0.0538. The zero-order chi connectivity index (χ0) is 22.1. The first-order valence-electron chi connectivity index (χ1n) is 10.0. The SMILES string of the molecule is CC(=O)N[C@@H]1CCN(C(=O)c2nc(NC(C)c3cncc(F)c3)nc3cc(C)sc23)C1. The van der Waals surface area contributed by atoms with E-state index >= 15 is 0 Å². The highest BCUT2D eigenvalue weighted by atomic mass is 32.1. The monoisotopic (exact) mass is 442 g/mol.